The first kappa shape index (κ1) is 17.7. The number of aryl methyl sites for hydroxylation is 2. The van der Waals surface area contributed by atoms with Crippen molar-refractivity contribution in [1.82, 2.24) is 5.32 Å². The SMILES string of the molecule is Cc1cc(C)c(C)c(OCCC(=O)NCCN)c1.Cl. The zero-order valence-electron chi connectivity index (χ0n) is 11.8. The number of hydrogen-bond donors (Lipinski definition) is 2. The van der Waals surface area contributed by atoms with E-state index in [2.05, 4.69) is 18.3 Å². The minimum Gasteiger partial charge on any atom is -0.493 e. The van der Waals surface area contributed by atoms with Gasteiger partial charge in [0.2, 0.25) is 5.91 Å². The maximum atomic E-state index is 11.4. The van der Waals surface area contributed by atoms with Gasteiger partial charge in [-0.2, -0.15) is 0 Å². The van der Waals surface area contributed by atoms with Crippen LogP contribution >= 0.6 is 12.4 Å². The van der Waals surface area contributed by atoms with Crippen molar-refractivity contribution in [3.05, 3.63) is 28.8 Å². The number of hydrogen-bond acceptors (Lipinski definition) is 3. The Morgan fingerprint density at radius 3 is 2.63 bits per heavy atom. The number of nitrogens with one attached hydrogen (secondary N) is 1. The molecule has 0 saturated carbocycles. The van der Waals surface area contributed by atoms with E-state index < -0.39 is 0 Å². The summed E-state index contributed by atoms with van der Waals surface area (Å²) in [6, 6.07) is 4.12. The Bertz CT molecular complexity index is 422. The molecule has 0 radical (unpaired) electrons. The monoisotopic (exact) mass is 286 g/mol. The summed E-state index contributed by atoms with van der Waals surface area (Å²) in [5.41, 5.74) is 8.80. The third-order valence-electron chi connectivity index (χ3n) is 2.82. The number of amides is 1. The third-order valence-corrected chi connectivity index (χ3v) is 2.82. The first-order valence-corrected chi connectivity index (χ1v) is 6.22. The Hall–Kier alpha value is -1.26. The van der Waals surface area contributed by atoms with Gasteiger partial charge >= 0.3 is 0 Å². The number of rotatable bonds is 6. The van der Waals surface area contributed by atoms with Crippen LogP contribution in [0.3, 0.4) is 0 Å². The summed E-state index contributed by atoms with van der Waals surface area (Å²) in [5.74, 6) is 0.835. The standard InChI is InChI=1S/C14H22N2O2.ClH/c1-10-8-11(2)12(3)13(9-10)18-7-4-14(17)16-6-5-15;/h8-9H,4-7,15H2,1-3H3,(H,16,17);1H. The normalized spacial score (nSPS) is 9.68. The van der Waals surface area contributed by atoms with Crippen LogP contribution in [-0.4, -0.2) is 25.6 Å². The first-order chi connectivity index (χ1) is 8.54. The summed E-state index contributed by atoms with van der Waals surface area (Å²) >= 11 is 0. The molecule has 0 aliphatic heterocycles. The summed E-state index contributed by atoms with van der Waals surface area (Å²) in [5, 5.41) is 2.71. The van der Waals surface area contributed by atoms with Crippen LogP contribution < -0.4 is 15.8 Å². The van der Waals surface area contributed by atoms with Crippen LogP contribution in [0.2, 0.25) is 0 Å². The summed E-state index contributed by atoms with van der Waals surface area (Å²) < 4.78 is 5.66. The van der Waals surface area contributed by atoms with E-state index in [0.717, 1.165) is 11.3 Å². The maximum absolute atomic E-state index is 11.4. The Morgan fingerprint density at radius 1 is 1.32 bits per heavy atom. The summed E-state index contributed by atoms with van der Waals surface area (Å²) in [6.07, 6.45) is 0.354. The quantitative estimate of drug-likeness (QED) is 0.839. The highest BCUT2D eigenvalue weighted by Gasteiger charge is 2.05. The number of nitrogens with two attached hydrogens (primary N) is 1. The van der Waals surface area contributed by atoms with Crippen molar-refractivity contribution in [2.75, 3.05) is 19.7 Å². The molecule has 19 heavy (non-hydrogen) atoms. The van der Waals surface area contributed by atoms with E-state index in [1.807, 2.05) is 19.9 Å². The molecule has 1 aromatic carbocycles. The van der Waals surface area contributed by atoms with Gasteiger partial charge in [0.1, 0.15) is 5.75 Å². The fraction of sp³-hybridized carbons (Fsp3) is 0.500. The molecule has 1 rings (SSSR count). The molecule has 0 saturated heterocycles. The molecule has 0 spiro atoms. The Balaban J connectivity index is 0.00000324. The highest BCUT2D eigenvalue weighted by molar-refractivity contribution is 5.85. The Labute approximate surface area is 121 Å². The zero-order chi connectivity index (χ0) is 13.5. The van der Waals surface area contributed by atoms with E-state index in [1.165, 1.54) is 11.1 Å². The summed E-state index contributed by atoms with van der Waals surface area (Å²) in [6.45, 7) is 7.49. The molecule has 0 fully saturated rings. The second-order valence-corrected chi connectivity index (χ2v) is 4.44. The van der Waals surface area contributed by atoms with Crippen LogP contribution in [0.5, 0.6) is 5.75 Å². The molecule has 3 N–H and O–H groups in total. The fourth-order valence-corrected chi connectivity index (χ4v) is 1.70. The largest absolute Gasteiger partial charge is 0.493 e. The molecule has 0 aliphatic rings. The van der Waals surface area contributed by atoms with Crippen molar-refractivity contribution in [2.24, 2.45) is 5.73 Å². The molecule has 4 nitrogen and oxygen atoms in total. The molecule has 0 atom stereocenters. The number of benzene rings is 1. The average Bonchev–Trinajstić information content (AvgIpc) is 2.32. The van der Waals surface area contributed by atoms with Crippen LogP contribution in [0.1, 0.15) is 23.1 Å². The Kier molecular flexibility index (Phi) is 8.19. The summed E-state index contributed by atoms with van der Waals surface area (Å²) in [7, 11) is 0. The molecule has 1 aromatic rings. The highest BCUT2D eigenvalue weighted by atomic mass is 35.5. The van der Waals surface area contributed by atoms with Gasteiger partial charge in [0.25, 0.3) is 0 Å². The lowest BCUT2D eigenvalue weighted by atomic mass is 10.1. The van der Waals surface area contributed by atoms with Gasteiger partial charge in [-0.1, -0.05) is 6.07 Å². The van der Waals surface area contributed by atoms with Crippen molar-refractivity contribution < 1.29 is 9.53 Å². The zero-order valence-corrected chi connectivity index (χ0v) is 12.6. The third kappa shape index (κ3) is 5.94. The molecule has 108 valence electrons. The topological polar surface area (TPSA) is 64.3 Å². The van der Waals surface area contributed by atoms with E-state index in [1.54, 1.807) is 0 Å². The van der Waals surface area contributed by atoms with E-state index in [9.17, 15) is 4.79 Å². The highest BCUT2D eigenvalue weighted by Crippen LogP contribution is 2.23. The smallest absolute Gasteiger partial charge is 0.223 e. The van der Waals surface area contributed by atoms with Crippen LogP contribution in [-0.2, 0) is 4.79 Å². The number of carbonyl (C=O) groups excluding carboxylic acids is 1. The number of halogens is 1. The molecular weight excluding hydrogens is 264 g/mol. The minimum absolute atomic E-state index is 0. The molecule has 5 heteroatoms. The van der Waals surface area contributed by atoms with Crippen molar-refractivity contribution >= 4 is 18.3 Å². The second kappa shape index (κ2) is 8.77. The predicted octanol–water partition coefficient (Wildman–Crippen LogP) is 1.88. The van der Waals surface area contributed by atoms with Crippen LogP contribution in [0, 0.1) is 20.8 Å². The molecule has 0 heterocycles. The molecular formula is C14H23ClN2O2. The van der Waals surface area contributed by atoms with Gasteiger partial charge in [-0.05, 0) is 43.5 Å². The van der Waals surface area contributed by atoms with Crippen molar-refractivity contribution in [1.29, 1.82) is 0 Å². The lowest BCUT2D eigenvalue weighted by molar-refractivity contribution is -0.121. The van der Waals surface area contributed by atoms with Gasteiger partial charge in [-0.25, -0.2) is 0 Å². The summed E-state index contributed by atoms with van der Waals surface area (Å²) in [4.78, 5) is 11.4. The van der Waals surface area contributed by atoms with Crippen molar-refractivity contribution in [3.63, 3.8) is 0 Å². The van der Waals surface area contributed by atoms with Gasteiger partial charge in [-0.15, -0.1) is 12.4 Å². The number of ether oxygens (including phenoxy) is 1. The molecule has 0 bridgehead atoms. The predicted molar refractivity (Wildman–Crippen MR) is 80.1 cm³/mol. The number of carbonyl (C=O) groups is 1. The van der Waals surface area contributed by atoms with Crippen LogP contribution in [0.4, 0.5) is 0 Å². The Morgan fingerprint density at radius 2 is 2.00 bits per heavy atom. The average molecular weight is 287 g/mol. The van der Waals surface area contributed by atoms with Gasteiger partial charge < -0.3 is 15.8 Å². The van der Waals surface area contributed by atoms with Gasteiger partial charge in [0.05, 0.1) is 13.0 Å². The molecule has 1 amide bonds. The lowest BCUT2D eigenvalue weighted by Gasteiger charge is -2.12. The van der Waals surface area contributed by atoms with Crippen molar-refractivity contribution in [2.45, 2.75) is 27.2 Å². The van der Waals surface area contributed by atoms with E-state index in [0.29, 0.717) is 26.1 Å². The second-order valence-electron chi connectivity index (χ2n) is 4.44. The van der Waals surface area contributed by atoms with E-state index in [-0.39, 0.29) is 18.3 Å². The molecule has 0 aliphatic carbocycles. The fourth-order valence-electron chi connectivity index (χ4n) is 1.70. The molecule has 0 unspecified atom stereocenters. The van der Waals surface area contributed by atoms with E-state index in [4.69, 9.17) is 10.5 Å². The van der Waals surface area contributed by atoms with Crippen LogP contribution in [0.15, 0.2) is 12.1 Å². The molecule has 0 aromatic heterocycles. The van der Waals surface area contributed by atoms with Gasteiger partial charge in [0, 0.05) is 13.1 Å². The van der Waals surface area contributed by atoms with Crippen LogP contribution in [0.25, 0.3) is 0 Å². The van der Waals surface area contributed by atoms with Gasteiger partial charge in [-0.3, -0.25) is 4.79 Å². The first-order valence-electron chi connectivity index (χ1n) is 6.22. The maximum Gasteiger partial charge on any atom is 0.223 e. The van der Waals surface area contributed by atoms with Crippen molar-refractivity contribution in [3.8, 4) is 5.75 Å². The lowest BCUT2D eigenvalue weighted by Crippen LogP contribution is -2.29. The van der Waals surface area contributed by atoms with Gasteiger partial charge in [0.15, 0.2) is 0 Å². The minimum atomic E-state index is -0.0255. The van der Waals surface area contributed by atoms with E-state index >= 15 is 0 Å².